The van der Waals surface area contributed by atoms with E-state index in [0.29, 0.717) is 23.8 Å². The highest BCUT2D eigenvalue weighted by Crippen LogP contribution is 2.28. The molecular formula is C27H40N4O3. The zero-order valence-electron chi connectivity index (χ0n) is 21.0. The normalized spacial score (nSPS) is 22.7. The maximum Gasteiger partial charge on any atom is 0.257 e. The van der Waals surface area contributed by atoms with E-state index in [2.05, 4.69) is 28.5 Å². The third-order valence-electron chi connectivity index (χ3n) is 7.37. The quantitative estimate of drug-likeness (QED) is 0.660. The first kappa shape index (κ1) is 24.7. The molecule has 0 unspecified atom stereocenters. The van der Waals surface area contributed by atoms with Crippen molar-refractivity contribution in [3.8, 4) is 5.75 Å². The van der Waals surface area contributed by atoms with Gasteiger partial charge in [0.25, 0.3) is 5.91 Å². The highest BCUT2D eigenvalue weighted by molar-refractivity contribution is 5.97. The number of piperidine rings is 1. The number of carbonyl (C=O) groups excluding carboxylic acids is 1. The Morgan fingerprint density at radius 1 is 1.15 bits per heavy atom. The summed E-state index contributed by atoms with van der Waals surface area (Å²) >= 11 is 0. The maximum absolute atomic E-state index is 13.4. The predicted octanol–water partition coefficient (Wildman–Crippen LogP) is 4.14. The van der Waals surface area contributed by atoms with Crippen LogP contribution in [-0.4, -0.2) is 71.5 Å². The SMILES string of the molecule is CCCn1ncc(CN2CCCC[C@H]3CN(CC[C@H]3OC)C(=O)c3ccccc3OCC2)c1C. The van der Waals surface area contributed by atoms with Gasteiger partial charge >= 0.3 is 0 Å². The van der Waals surface area contributed by atoms with Crippen LogP contribution < -0.4 is 4.74 Å². The zero-order chi connectivity index (χ0) is 23.9. The summed E-state index contributed by atoms with van der Waals surface area (Å²) < 4.78 is 14.1. The van der Waals surface area contributed by atoms with E-state index in [-0.39, 0.29) is 12.0 Å². The van der Waals surface area contributed by atoms with Gasteiger partial charge in [0, 0.05) is 57.0 Å². The van der Waals surface area contributed by atoms with E-state index >= 15 is 0 Å². The van der Waals surface area contributed by atoms with Crippen LogP contribution in [0.4, 0.5) is 0 Å². The summed E-state index contributed by atoms with van der Waals surface area (Å²) in [5.74, 6) is 1.13. The molecule has 0 spiro atoms. The van der Waals surface area contributed by atoms with Crippen molar-refractivity contribution in [1.82, 2.24) is 19.6 Å². The molecule has 7 nitrogen and oxygen atoms in total. The molecule has 0 aliphatic carbocycles. The Balaban J connectivity index is 1.52. The standard InChI is InChI=1S/C27H40N4O3/c1-4-13-31-21(2)23(18-28-31)19-29-14-8-7-9-22-20-30(15-12-25(22)33-3)27(32)24-10-5-6-11-26(24)34-17-16-29/h5-6,10-11,18,22,25H,4,7-9,12-17,19-20H2,1-3H3/t22-,25+/m0/s1. The maximum atomic E-state index is 13.4. The van der Waals surface area contributed by atoms with Crippen LogP contribution >= 0.6 is 0 Å². The van der Waals surface area contributed by atoms with E-state index < -0.39 is 0 Å². The fourth-order valence-corrected chi connectivity index (χ4v) is 5.34. The van der Waals surface area contributed by atoms with Gasteiger partial charge in [-0.1, -0.05) is 25.5 Å². The molecule has 4 rings (SSSR count). The van der Waals surface area contributed by atoms with Crippen molar-refractivity contribution in [2.24, 2.45) is 5.92 Å². The number of amides is 1. The molecule has 0 radical (unpaired) electrons. The lowest BCUT2D eigenvalue weighted by Crippen LogP contribution is -2.46. The molecule has 2 atom stereocenters. The Hall–Kier alpha value is -2.38. The van der Waals surface area contributed by atoms with Gasteiger partial charge in [-0.2, -0.15) is 5.10 Å². The highest BCUT2D eigenvalue weighted by Gasteiger charge is 2.32. The second-order valence-corrected chi connectivity index (χ2v) is 9.67. The minimum absolute atomic E-state index is 0.0723. The van der Waals surface area contributed by atoms with Crippen LogP contribution in [0.15, 0.2) is 30.5 Å². The van der Waals surface area contributed by atoms with Gasteiger partial charge in [-0.25, -0.2) is 0 Å². The molecule has 1 aromatic carbocycles. The van der Waals surface area contributed by atoms with Crippen molar-refractivity contribution in [2.45, 2.75) is 65.1 Å². The Labute approximate surface area is 204 Å². The van der Waals surface area contributed by atoms with Crippen molar-refractivity contribution in [3.63, 3.8) is 0 Å². The summed E-state index contributed by atoms with van der Waals surface area (Å²) in [6, 6.07) is 7.68. The number of carbonyl (C=O) groups is 1. The number of hydrogen-bond donors (Lipinski definition) is 0. The van der Waals surface area contributed by atoms with Crippen LogP contribution in [0.2, 0.25) is 0 Å². The van der Waals surface area contributed by atoms with Gasteiger partial charge in [-0.05, 0) is 51.3 Å². The Kier molecular flexibility index (Phi) is 8.62. The van der Waals surface area contributed by atoms with Crippen LogP contribution in [0.25, 0.3) is 0 Å². The van der Waals surface area contributed by atoms with E-state index in [1.165, 1.54) is 11.3 Å². The molecule has 2 bridgehead atoms. The summed E-state index contributed by atoms with van der Waals surface area (Å²) in [5.41, 5.74) is 3.20. The summed E-state index contributed by atoms with van der Waals surface area (Å²) in [4.78, 5) is 17.9. The number of ether oxygens (including phenoxy) is 2. The summed E-state index contributed by atoms with van der Waals surface area (Å²) in [7, 11) is 1.80. The summed E-state index contributed by atoms with van der Waals surface area (Å²) in [5, 5.41) is 4.59. The van der Waals surface area contributed by atoms with E-state index in [1.807, 2.05) is 35.4 Å². The third kappa shape index (κ3) is 5.81. The molecule has 3 heterocycles. The zero-order valence-corrected chi connectivity index (χ0v) is 21.0. The highest BCUT2D eigenvalue weighted by atomic mass is 16.5. The number of fused-ring (bicyclic) bond motifs is 3. The molecule has 2 aliphatic rings. The van der Waals surface area contributed by atoms with Crippen molar-refractivity contribution < 1.29 is 14.3 Å². The van der Waals surface area contributed by atoms with Crippen molar-refractivity contribution in [1.29, 1.82) is 0 Å². The number of rotatable bonds is 5. The van der Waals surface area contributed by atoms with Crippen LogP contribution in [0.5, 0.6) is 5.75 Å². The van der Waals surface area contributed by atoms with E-state index in [4.69, 9.17) is 9.47 Å². The van der Waals surface area contributed by atoms with Gasteiger partial charge in [0.05, 0.1) is 17.9 Å². The molecule has 186 valence electrons. The molecule has 0 N–H and O–H groups in total. The monoisotopic (exact) mass is 468 g/mol. The van der Waals surface area contributed by atoms with Crippen molar-refractivity contribution >= 4 is 5.91 Å². The van der Waals surface area contributed by atoms with Crippen LogP contribution in [-0.2, 0) is 17.8 Å². The van der Waals surface area contributed by atoms with Gasteiger partial charge in [0.15, 0.2) is 0 Å². The number of hydrogen-bond acceptors (Lipinski definition) is 5. The number of benzene rings is 1. The second kappa shape index (κ2) is 11.8. The molecule has 7 heteroatoms. The molecule has 34 heavy (non-hydrogen) atoms. The molecule has 1 saturated heterocycles. The number of methoxy groups -OCH3 is 1. The third-order valence-corrected chi connectivity index (χ3v) is 7.37. The number of aryl methyl sites for hydroxylation is 1. The van der Waals surface area contributed by atoms with Gasteiger partial charge in [0.2, 0.25) is 0 Å². The Bertz CT molecular complexity index is 944. The van der Waals surface area contributed by atoms with Crippen LogP contribution in [0.3, 0.4) is 0 Å². The Morgan fingerprint density at radius 2 is 2.00 bits per heavy atom. The minimum Gasteiger partial charge on any atom is -0.491 e. The number of aromatic nitrogens is 2. The Morgan fingerprint density at radius 3 is 2.82 bits per heavy atom. The molecule has 1 fully saturated rings. The van der Waals surface area contributed by atoms with Crippen LogP contribution in [0, 0.1) is 12.8 Å². The van der Waals surface area contributed by atoms with E-state index in [9.17, 15) is 4.79 Å². The lowest BCUT2D eigenvalue weighted by Gasteiger charge is -2.38. The largest absolute Gasteiger partial charge is 0.491 e. The topological polar surface area (TPSA) is 59.8 Å². The minimum atomic E-state index is 0.0723. The fourth-order valence-electron chi connectivity index (χ4n) is 5.34. The smallest absolute Gasteiger partial charge is 0.257 e. The van der Waals surface area contributed by atoms with Gasteiger partial charge < -0.3 is 14.4 Å². The first-order valence-corrected chi connectivity index (χ1v) is 12.9. The molecule has 2 aliphatic heterocycles. The second-order valence-electron chi connectivity index (χ2n) is 9.67. The predicted molar refractivity (Wildman–Crippen MR) is 133 cm³/mol. The lowest BCUT2D eigenvalue weighted by atomic mass is 9.89. The average molecular weight is 469 g/mol. The summed E-state index contributed by atoms with van der Waals surface area (Å²) in [6.45, 7) is 10.1. The van der Waals surface area contributed by atoms with E-state index in [0.717, 1.165) is 71.4 Å². The first-order chi connectivity index (χ1) is 16.6. The van der Waals surface area contributed by atoms with Crippen molar-refractivity contribution in [2.75, 3.05) is 39.9 Å². The summed E-state index contributed by atoms with van der Waals surface area (Å²) in [6.07, 6.45) is 7.56. The lowest BCUT2D eigenvalue weighted by molar-refractivity contribution is -0.00702. The van der Waals surface area contributed by atoms with Gasteiger partial charge in [-0.15, -0.1) is 0 Å². The molecule has 1 amide bonds. The number of para-hydroxylation sites is 1. The molecular weight excluding hydrogens is 428 g/mol. The van der Waals surface area contributed by atoms with Gasteiger partial charge in [0.1, 0.15) is 12.4 Å². The number of nitrogens with zero attached hydrogens (tertiary/aromatic N) is 4. The average Bonchev–Trinajstić information content (AvgIpc) is 3.20. The van der Waals surface area contributed by atoms with E-state index in [1.54, 1.807) is 7.11 Å². The molecule has 2 aromatic rings. The fraction of sp³-hybridized carbons (Fsp3) is 0.630. The van der Waals surface area contributed by atoms with Gasteiger partial charge in [-0.3, -0.25) is 14.4 Å². The molecule has 1 aromatic heterocycles. The van der Waals surface area contributed by atoms with Crippen molar-refractivity contribution in [3.05, 3.63) is 47.3 Å². The molecule has 0 saturated carbocycles. The first-order valence-electron chi connectivity index (χ1n) is 12.9. The van der Waals surface area contributed by atoms with Crippen LogP contribution in [0.1, 0.15) is 60.6 Å².